The van der Waals surface area contributed by atoms with E-state index in [1.807, 2.05) is 0 Å². The maximum absolute atomic E-state index is 13.7. The van der Waals surface area contributed by atoms with Gasteiger partial charge in [0.05, 0.1) is 25.1 Å². The first kappa shape index (κ1) is 64.3. The van der Waals surface area contributed by atoms with E-state index in [9.17, 15) is 87.9 Å². The minimum Gasteiger partial charge on any atom is -0.481 e. The smallest absolute Gasteiger partial charge is 0.305 e. The summed E-state index contributed by atoms with van der Waals surface area (Å²) in [6.07, 6.45) is -6.77. The molecule has 0 spiro atoms. The molecule has 0 bridgehead atoms. The normalized spacial score (nSPS) is 14.7. The van der Waals surface area contributed by atoms with E-state index in [1.54, 1.807) is 58.0 Å². The number of amides is 9. The van der Waals surface area contributed by atoms with Gasteiger partial charge in [-0.3, -0.25) is 62.3 Å². The number of carbonyl (C=O) groups is 13. The van der Waals surface area contributed by atoms with Crippen LogP contribution in [0.4, 0.5) is 0 Å². The number of aliphatic carboxylic acids is 4. The number of benzene rings is 1. The summed E-state index contributed by atoms with van der Waals surface area (Å²) in [5.74, 6) is -15.9. The molecule has 0 radical (unpaired) electrons. The Balaban J connectivity index is 3.33. The lowest BCUT2D eigenvalue weighted by atomic mass is 10.0. The molecule has 1 rings (SSSR count). The van der Waals surface area contributed by atoms with Crippen LogP contribution in [0.1, 0.15) is 98.0 Å². The molecule has 74 heavy (non-hydrogen) atoms. The molecule has 17 N–H and O–H groups in total. The van der Waals surface area contributed by atoms with Crippen LogP contribution in [0.25, 0.3) is 0 Å². The molecule has 0 aliphatic heterocycles. The quantitative estimate of drug-likeness (QED) is 0.0309. The topological polar surface area (TPSA) is 471 Å². The number of rotatable bonds is 35. The second kappa shape index (κ2) is 32.3. The monoisotopic (exact) mass is 1050 g/mol. The molecular weight excluding hydrogens is 981 g/mol. The largest absolute Gasteiger partial charge is 0.481 e. The molecule has 412 valence electrons. The van der Waals surface area contributed by atoms with Crippen LogP contribution < -0.4 is 54.0 Å². The number of hydrogen-bond acceptors (Lipinski definition) is 15. The third-order valence-electron chi connectivity index (χ3n) is 10.7. The lowest BCUT2D eigenvalue weighted by molar-refractivity contribution is -0.142. The van der Waals surface area contributed by atoms with Crippen LogP contribution in [0.2, 0.25) is 0 Å². The third-order valence-corrected chi connectivity index (χ3v) is 10.7. The molecule has 0 unspecified atom stereocenters. The first-order chi connectivity index (χ1) is 34.5. The number of aliphatic hydroxyl groups is 1. The maximum Gasteiger partial charge on any atom is 0.305 e. The average Bonchev–Trinajstić information content (AvgIpc) is 3.29. The SMILES string of the molecule is CC(C)C[C@H](NC(=O)[C@H](Cc1ccccc1)NC(=O)[C@H](CCC(=O)O)NC(=O)CNC(=O)[C@@H](NC(=O)[C@H](CCC(=O)O)NC(=O)[C@H](CCC(=O)O)NC(=O)[C@H](CC(=O)O)NC(=O)[C@@H](N)CC(C)C)[C@@H](C)O)C(N)=O. The summed E-state index contributed by atoms with van der Waals surface area (Å²) in [4.78, 5) is 166. The molecule has 1 aromatic carbocycles. The summed E-state index contributed by atoms with van der Waals surface area (Å²) < 4.78 is 0. The van der Waals surface area contributed by atoms with E-state index in [0.717, 1.165) is 6.92 Å². The van der Waals surface area contributed by atoms with Gasteiger partial charge in [-0.15, -0.1) is 0 Å². The predicted octanol–water partition coefficient (Wildman–Crippen LogP) is -3.91. The molecule has 0 saturated heterocycles. The van der Waals surface area contributed by atoms with Gasteiger partial charge in [-0.1, -0.05) is 58.0 Å². The number of carbonyl (C=O) groups excluding carboxylic acids is 9. The number of hydrogen-bond donors (Lipinski definition) is 15. The molecule has 1 aromatic rings. The Hall–Kier alpha value is -7.75. The standard InChI is InChI=1S/C46H70N10O18/c1-22(2)17-26(47)40(68)54-32(20-37(65)66)45(73)52-28(12-15-35(61)62)42(70)51-29(13-16-36(63)64)43(71)56-38(24(5)57)46(74)49-21-33(58)50-27(11-14-34(59)60)41(69)55-31(19-25-9-7-6-8-10-25)44(72)53-30(39(48)67)18-23(3)4/h6-10,22-24,26-32,38,57H,11-21,47H2,1-5H3,(H2,48,67)(H,49,74)(H,50,58)(H,51,70)(H,52,73)(H,53,72)(H,54,68)(H,55,69)(H,56,71)(H,59,60)(H,61,62)(H,63,64)(H,65,66)/t24-,26+,27+,28+,29+,30+,31+,32+,38+/m1/s1. The van der Waals surface area contributed by atoms with Gasteiger partial charge in [-0.05, 0) is 56.4 Å². The lowest BCUT2D eigenvalue weighted by Gasteiger charge is -2.27. The van der Waals surface area contributed by atoms with Gasteiger partial charge >= 0.3 is 23.9 Å². The van der Waals surface area contributed by atoms with Gasteiger partial charge in [0.1, 0.15) is 42.3 Å². The van der Waals surface area contributed by atoms with Gasteiger partial charge in [0.25, 0.3) is 0 Å². The zero-order valence-electron chi connectivity index (χ0n) is 41.7. The lowest BCUT2D eigenvalue weighted by Crippen LogP contribution is -2.60. The molecule has 28 heteroatoms. The fourth-order valence-electron chi connectivity index (χ4n) is 6.94. The highest BCUT2D eigenvalue weighted by Crippen LogP contribution is 2.11. The molecule has 0 aliphatic carbocycles. The highest BCUT2D eigenvalue weighted by Gasteiger charge is 2.35. The van der Waals surface area contributed by atoms with Crippen molar-refractivity contribution in [3.05, 3.63) is 35.9 Å². The van der Waals surface area contributed by atoms with Crippen molar-refractivity contribution in [1.82, 2.24) is 42.5 Å². The second-order valence-electron chi connectivity index (χ2n) is 18.2. The van der Waals surface area contributed by atoms with E-state index in [1.165, 1.54) is 0 Å². The van der Waals surface area contributed by atoms with Crippen LogP contribution in [0.15, 0.2) is 30.3 Å². The number of carboxylic acid groups (broad SMARTS) is 4. The zero-order valence-corrected chi connectivity index (χ0v) is 41.7. The van der Waals surface area contributed by atoms with Crippen molar-refractivity contribution in [3.8, 4) is 0 Å². The van der Waals surface area contributed by atoms with E-state index < -0.39 is 183 Å². The molecule has 0 heterocycles. The zero-order chi connectivity index (χ0) is 56.4. The number of nitrogens with two attached hydrogens (primary N) is 2. The van der Waals surface area contributed by atoms with E-state index in [-0.39, 0.29) is 31.1 Å². The third kappa shape index (κ3) is 25.6. The van der Waals surface area contributed by atoms with E-state index >= 15 is 0 Å². The Labute approximate surface area is 425 Å². The minimum absolute atomic E-state index is 0.0800. The molecular formula is C46H70N10O18. The van der Waals surface area contributed by atoms with Gasteiger partial charge in [-0.2, -0.15) is 0 Å². The van der Waals surface area contributed by atoms with E-state index in [2.05, 4.69) is 42.5 Å². The molecule has 28 nitrogen and oxygen atoms in total. The van der Waals surface area contributed by atoms with Crippen molar-refractivity contribution in [2.45, 2.75) is 153 Å². The predicted molar refractivity (Wildman–Crippen MR) is 257 cm³/mol. The highest BCUT2D eigenvalue weighted by atomic mass is 16.4. The van der Waals surface area contributed by atoms with Crippen LogP contribution in [-0.4, -0.2) is 164 Å². The van der Waals surface area contributed by atoms with Crippen molar-refractivity contribution in [1.29, 1.82) is 0 Å². The maximum atomic E-state index is 13.7. The summed E-state index contributed by atoms with van der Waals surface area (Å²) in [7, 11) is 0. The highest BCUT2D eigenvalue weighted by molar-refractivity contribution is 5.98. The fraction of sp³-hybridized carbons (Fsp3) is 0.587. The van der Waals surface area contributed by atoms with Crippen molar-refractivity contribution >= 4 is 77.0 Å². The van der Waals surface area contributed by atoms with Gasteiger partial charge in [-0.25, -0.2) is 0 Å². The van der Waals surface area contributed by atoms with Gasteiger partial charge < -0.3 is 79.5 Å². The molecule has 9 amide bonds. The van der Waals surface area contributed by atoms with Crippen LogP contribution in [0, 0.1) is 11.8 Å². The molecule has 0 aliphatic rings. The number of nitrogens with one attached hydrogen (secondary N) is 8. The first-order valence-corrected chi connectivity index (χ1v) is 23.5. The Morgan fingerprint density at radius 3 is 1.32 bits per heavy atom. The Bertz CT molecular complexity index is 2160. The summed E-state index contributed by atoms with van der Waals surface area (Å²) in [6, 6.07) is -4.52. The van der Waals surface area contributed by atoms with Gasteiger partial charge in [0, 0.05) is 25.7 Å². The van der Waals surface area contributed by atoms with Gasteiger partial charge in [0.15, 0.2) is 0 Å². The number of carboxylic acids is 4. The van der Waals surface area contributed by atoms with Crippen LogP contribution in [0.3, 0.4) is 0 Å². The number of primary amides is 1. The van der Waals surface area contributed by atoms with Crippen molar-refractivity contribution in [2.75, 3.05) is 6.54 Å². The minimum atomic E-state index is -1.95. The van der Waals surface area contributed by atoms with E-state index in [4.69, 9.17) is 11.5 Å². The van der Waals surface area contributed by atoms with Crippen molar-refractivity contribution < 1.29 is 87.9 Å². The van der Waals surface area contributed by atoms with Crippen LogP contribution in [0.5, 0.6) is 0 Å². The van der Waals surface area contributed by atoms with Gasteiger partial charge in [0.2, 0.25) is 53.2 Å². The summed E-state index contributed by atoms with van der Waals surface area (Å²) in [6.45, 7) is 7.11. The average molecular weight is 1050 g/mol. The Kier molecular flexibility index (Phi) is 28.1. The molecule has 0 aromatic heterocycles. The Morgan fingerprint density at radius 2 is 0.892 bits per heavy atom. The van der Waals surface area contributed by atoms with Crippen LogP contribution in [-0.2, 0) is 68.7 Å². The summed E-state index contributed by atoms with van der Waals surface area (Å²) >= 11 is 0. The van der Waals surface area contributed by atoms with E-state index in [0.29, 0.717) is 5.56 Å². The number of aliphatic hydroxyl groups excluding tert-OH is 1. The first-order valence-electron chi connectivity index (χ1n) is 23.5. The molecule has 0 saturated carbocycles. The van der Waals surface area contributed by atoms with Crippen molar-refractivity contribution in [2.24, 2.45) is 23.3 Å². The summed E-state index contributed by atoms with van der Waals surface area (Å²) in [5.41, 5.74) is 11.9. The van der Waals surface area contributed by atoms with Crippen LogP contribution >= 0.6 is 0 Å². The fourth-order valence-corrected chi connectivity index (χ4v) is 6.94. The van der Waals surface area contributed by atoms with Crippen molar-refractivity contribution in [3.63, 3.8) is 0 Å². The summed E-state index contributed by atoms with van der Waals surface area (Å²) in [5, 5.41) is 66.1. The second-order valence-corrected chi connectivity index (χ2v) is 18.2. The Morgan fingerprint density at radius 1 is 0.486 bits per heavy atom. The molecule has 0 fully saturated rings. The molecule has 9 atom stereocenters.